The molecule has 0 aliphatic rings. The Balaban J connectivity index is 2.25. The lowest BCUT2D eigenvalue weighted by Gasteiger charge is -2.00. The molecule has 1 nitrogen and oxygen atoms in total. The number of thiocyanates is 1. The van der Waals surface area contributed by atoms with Crippen LogP contribution in [0.4, 0.5) is 0 Å². The van der Waals surface area contributed by atoms with Crippen LogP contribution in [0.1, 0.15) is 22.3 Å². The lowest BCUT2D eigenvalue weighted by atomic mass is 10.1. The molecule has 0 heterocycles. The largest absolute Gasteiger partial charge is 0.185 e. The van der Waals surface area contributed by atoms with Gasteiger partial charge < -0.3 is 0 Å². The van der Waals surface area contributed by atoms with Crippen molar-refractivity contribution in [2.75, 3.05) is 0 Å². The molecule has 0 amide bonds. The molecule has 92 valence electrons. The van der Waals surface area contributed by atoms with Crippen molar-refractivity contribution in [1.29, 1.82) is 5.26 Å². The Hall–Kier alpha value is -2.16. The smallest absolute Gasteiger partial charge is 0.138 e. The minimum atomic E-state index is 0.959. The zero-order valence-corrected chi connectivity index (χ0v) is 11.7. The standard InChI is InChI=1S/C17H13NS/c1-13-3-5-15(6-4-13)7-8-16-9-10-17(19-12-18)11-14(16)2/h3-6,9-11H,1-2H3. The molecule has 2 aromatic carbocycles. The Morgan fingerprint density at radius 3 is 2.32 bits per heavy atom. The Labute approximate surface area is 118 Å². The fraction of sp³-hybridized carbons (Fsp3) is 0.118. The van der Waals surface area contributed by atoms with Gasteiger partial charge in [0.2, 0.25) is 0 Å². The van der Waals surface area contributed by atoms with Crippen LogP contribution in [0.15, 0.2) is 47.4 Å². The van der Waals surface area contributed by atoms with Gasteiger partial charge in [0, 0.05) is 16.0 Å². The predicted molar refractivity (Wildman–Crippen MR) is 79.8 cm³/mol. The molecule has 0 bridgehead atoms. The SMILES string of the molecule is Cc1ccc(C#Cc2ccc(SC#N)cc2C)cc1. The van der Waals surface area contributed by atoms with E-state index in [1.807, 2.05) is 37.3 Å². The van der Waals surface area contributed by atoms with Gasteiger partial charge in [-0.25, -0.2) is 0 Å². The average Bonchev–Trinajstić information content (AvgIpc) is 2.40. The molecule has 0 aliphatic heterocycles. The monoisotopic (exact) mass is 263 g/mol. The van der Waals surface area contributed by atoms with E-state index in [0.717, 1.165) is 21.6 Å². The maximum Gasteiger partial charge on any atom is 0.138 e. The van der Waals surface area contributed by atoms with Crippen LogP contribution in [0.3, 0.4) is 0 Å². The Bertz CT molecular complexity index is 682. The highest BCUT2D eigenvalue weighted by atomic mass is 32.2. The summed E-state index contributed by atoms with van der Waals surface area (Å²) in [5, 5.41) is 10.7. The number of hydrogen-bond acceptors (Lipinski definition) is 2. The van der Waals surface area contributed by atoms with Crippen molar-refractivity contribution in [1.82, 2.24) is 0 Å². The molecule has 0 fully saturated rings. The van der Waals surface area contributed by atoms with Crippen LogP contribution in [-0.2, 0) is 0 Å². The van der Waals surface area contributed by atoms with Crippen molar-refractivity contribution in [3.05, 3.63) is 64.7 Å². The molecular formula is C17H13NS. The van der Waals surface area contributed by atoms with Gasteiger partial charge in [-0.2, -0.15) is 5.26 Å². The normalized spacial score (nSPS) is 9.32. The fourth-order valence-corrected chi connectivity index (χ4v) is 2.15. The molecule has 0 aliphatic carbocycles. The van der Waals surface area contributed by atoms with Gasteiger partial charge in [-0.15, -0.1) is 0 Å². The molecule has 0 atom stereocenters. The second kappa shape index (κ2) is 6.14. The predicted octanol–water partition coefficient (Wildman–Crippen LogP) is 4.28. The van der Waals surface area contributed by atoms with E-state index in [2.05, 4.69) is 36.3 Å². The van der Waals surface area contributed by atoms with Crippen LogP contribution in [-0.4, -0.2) is 0 Å². The van der Waals surface area contributed by atoms with Gasteiger partial charge >= 0.3 is 0 Å². The summed E-state index contributed by atoms with van der Waals surface area (Å²) in [6, 6.07) is 14.1. The summed E-state index contributed by atoms with van der Waals surface area (Å²) in [6.45, 7) is 4.08. The third-order valence-electron chi connectivity index (χ3n) is 2.75. The van der Waals surface area contributed by atoms with Crippen LogP contribution < -0.4 is 0 Å². The highest BCUT2D eigenvalue weighted by Crippen LogP contribution is 2.19. The van der Waals surface area contributed by atoms with Gasteiger partial charge in [-0.1, -0.05) is 29.5 Å². The van der Waals surface area contributed by atoms with E-state index in [1.54, 1.807) is 0 Å². The van der Waals surface area contributed by atoms with Gasteiger partial charge in [0.1, 0.15) is 5.40 Å². The molecule has 2 heteroatoms. The maximum absolute atomic E-state index is 8.64. The molecule has 0 aromatic heterocycles. The number of aryl methyl sites for hydroxylation is 2. The third kappa shape index (κ3) is 3.65. The Morgan fingerprint density at radius 2 is 1.68 bits per heavy atom. The first kappa shape index (κ1) is 13.3. The number of nitrogens with zero attached hydrogens (tertiary/aromatic N) is 1. The van der Waals surface area contributed by atoms with Crippen molar-refractivity contribution >= 4 is 11.8 Å². The highest BCUT2D eigenvalue weighted by molar-refractivity contribution is 8.03. The molecule has 0 N–H and O–H groups in total. The number of thioether (sulfide) groups is 1. The fourth-order valence-electron chi connectivity index (χ4n) is 1.67. The van der Waals surface area contributed by atoms with Crippen LogP contribution in [0.25, 0.3) is 0 Å². The number of nitriles is 1. The second-order valence-corrected chi connectivity index (χ2v) is 5.14. The Kier molecular flexibility index (Phi) is 4.29. The lowest BCUT2D eigenvalue weighted by molar-refractivity contribution is 1.34. The van der Waals surface area contributed by atoms with Crippen LogP contribution in [0.5, 0.6) is 0 Å². The summed E-state index contributed by atoms with van der Waals surface area (Å²) in [6.07, 6.45) is 0. The number of benzene rings is 2. The second-order valence-electron chi connectivity index (χ2n) is 4.29. The first-order valence-electron chi connectivity index (χ1n) is 5.94. The maximum atomic E-state index is 8.64. The lowest BCUT2D eigenvalue weighted by Crippen LogP contribution is -1.83. The van der Waals surface area contributed by atoms with Gasteiger partial charge in [0.05, 0.1) is 0 Å². The summed E-state index contributed by atoms with van der Waals surface area (Å²) < 4.78 is 0. The molecule has 2 rings (SSSR count). The molecule has 19 heavy (non-hydrogen) atoms. The zero-order valence-electron chi connectivity index (χ0n) is 10.9. The van der Waals surface area contributed by atoms with Crippen molar-refractivity contribution in [3.8, 4) is 17.2 Å². The van der Waals surface area contributed by atoms with Crippen LogP contribution >= 0.6 is 11.8 Å². The van der Waals surface area contributed by atoms with Gasteiger partial charge in [-0.05, 0) is 61.5 Å². The van der Waals surface area contributed by atoms with Gasteiger partial charge in [0.15, 0.2) is 0 Å². The molecule has 0 saturated carbocycles. The van der Waals surface area contributed by atoms with E-state index in [1.165, 1.54) is 17.3 Å². The molecule has 0 saturated heterocycles. The number of hydrogen-bond donors (Lipinski definition) is 0. The molecule has 2 aromatic rings. The quantitative estimate of drug-likeness (QED) is 0.435. The van der Waals surface area contributed by atoms with Crippen molar-refractivity contribution < 1.29 is 0 Å². The van der Waals surface area contributed by atoms with E-state index in [9.17, 15) is 0 Å². The van der Waals surface area contributed by atoms with Crippen LogP contribution in [0, 0.1) is 36.4 Å². The number of rotatable bonds is 1. The van der Waals surface area contributed by atoms with Crippen molar-refractivity contribution in [2.24, 2.45) is 0 Å². The van der Waals surface area contributed by atoms with Gasteiger partial charge in [0.25, 0.3) is 0 Å². The topological polar surface area (TPSA) is 23.8 Å². The zero-order chi connectivity index (χ0) is 13.7. The summed E-state index contributed by atoms with van der Waals surface area (Å²) >= 11 is 1.17. The molecular weight excluding hydrogens is 250 g/mol. The van der Waals surface area contributed by atoms with E-state index in [0.29, 0.717) is 0 Å². The van der Waals surface area contributed by atoms with E-state index in [-0.39, 0.29) is 0 Å². The van der Waals surface area contributed by atoms with E-state index < -0.39 is 0 Å². The third-order valence-corrected chi connectivity index (χ3v) is 3.34. The minimum Gasteiger partial charge on any atom is -0.185 e. The van der Waals surface area contributed by atoms with Crippen LogP contribution in [0.2, 0.25) is 0 Å². The first-order valence-corrected chi connectivity index (χ1v) is 6.76. The first-order chi connectivity index (χ1) is 9.19. The van der Waals surface area contributed by atoms with E-state index >= 15 is 0 Å². The summed E-state index contributed by atoms with van der Waals surface area (Å²) in [7, 11) is 0. The Morgan fingerprint density at radius 1 is 0.947 bits per heavy atom. The molecule has 0 spiro atoms. The van der Waals surface area contributed by atoms with Crippen molar-refractivity contribution in [3.63, 3.8) is 0 Å². The average molecular weight is 263 g/mol. The van der Waals surface area contributed by atoms with E-state index in [4.69, 9.17) is 5.26 Å². The van der Waals surface area contributed by atoms with Crippen molar-refractivity contribution in [2.45, 2.75) is 18.7 Å². The summed E-state index contributed by atoms with van der Waals surface area (Å²) in [4.78, 5) is 0.959. The molecule has 0 radical (unpaired) electrons. The summed E-state index contributed by atoms with van der Waals surface area (Å²) in [5.41, 5.74) is 4.35. The molecule has 0 unspecified atom stereocenters. The minimum absolute atomic E-state index is 0.959. The highest BCUT2D eigenvalue weighted by Gasteiger charge is 1.98. The summed E-state index contributed by atoms with van der Waals surface area (Å²) in [5.74, 6) is 6.33. The van der Waals surface area contributed by atoms with Gasteiger partial charge in [-0.3, -0.25) is 0 Å².